The molecule has 1 aliphatic heterocycles. The van der Waals surface area contributed by atoms with Crippen LogP contribution in [-0.4, -0.2) is 35.2 Å². The van der Waals surface area contributed by atoms with E-state index in [0.29, 0.717) is 18.3 Å². The summed E-state index contributed by atoms with van der Waals surface area (Å²) in [5.74, 6) is 1.25. The molecule has 0 aliphatic carbocycles. The molecule has 0 radical (unpaired) electrons. The van der Waals surface area contributed by atoms with Gasteiger partial charge in [0.1, 0.15) is 6.61 Å². The summed E-state index contributed by atoms with van der Waals surface area (Å²) in [5.41, 5.74) is 2.64. The van der Waals surface area contributed by atoms with Gasteiger partial charge in [-0.25, -0.2) is 0 Å². The highest BCUT2D eigenvalue weighted by atomic mass is 16.5. The largest absolute Gasteiger partial charge is 0.377 e. The van der Waals surface area contributed by atoms with Crippen LogP contribution < -0.4 is 0 Å². The number of hydrogen-bond acceptors (Lipinski definition) is 5. The Hall–Kier alpha value is -1.98. The van der Waals surface area contributed by atoms with Gasteiger partial charge in [0.25, 0.3) is 0 Å². The molecule has 2 aromatic rings. The van der Waals surface area contributed by atoms with E-state index in [1.807, 2.05) is 6.07 Å². The number of benzene rings is 1. The summed E-state index contributed by atoms with van der Waals surface area (Å²) < 4.78 is 10.4. The van der Waals surface area contributed by atoms with Crippen molar-refractivity contribution in [1.82, 2.24) is 15.0 Å². The van der Waals surface area contributed by atoms with Crippen LogP contribution in [0.15, 0.2) is 40.9 Å². The number of aromatic nitrogens is 2. The Labute approximate surface area is 130 Å². The quantitative estimate of drug-likeness (QED) is 0.849. The standard InChI is InChI=1S/C17H21N3O2/c1-13(17-18-16(12-21-2)19-22-17)20-10-6-9-15(11-20)14-7-4-3-5-8-14/h3-5,7-9,13H,6,10-12H2,1-2H3/t13-/m0/s1. The first kappa shape index (κ1) is 14.9. The lowest BCUT2D eigenvalue weighted by molar-refractivity contribution is 0.173. The summed E-state index contributed by atoms with van der Waals surface area (Å²) >= 11 is 0. The molecule has 2 heterocycles. The fraction of sp³-hybridized carbons (Fsp3) is 0.412. The fourth-order valence-corrected chi connectivity index (χ4v) is 2.74. The Bertz CT molecular complexity index is 636. The van der Waals surface area contributed by atoms with Gasteiger partial charge >= 0.3 is 0 Å². The van der Waals surface area contributed by atoms with Crippen molar-refractivity contribution < 1.29 is 9.26 Å². The lowest BCUT2D eigenvalue weighted by Gasteiger charge is -2.30. The monoisotopic (exact) mass is 299 g/mol. The minimum absolute atomic E-state index is 0.102. The molecule has 0 spiro atoms. The van der Waals surface area contributed by atoms with Gasteiger partial charge in [-0.05, 0) is 24.5 Å². The predicted octanol–water partition coefficient (Wildman–Crippen LogP) is 3.07. The summed E-state index contributed by atoms with van der Waals surface area (Å²) in [4.78, 5) is 6.78. The molecule has 22 heavy (non-hydrogen) atoms. The van der Waals surface area contributed by atoms with E-state index in [9.17, 15) is 0 Å². The van der Waals surface area contributed by atoms with Crippen LogP contribution >= 0.6 is 0 Å². The number of nitrogens with zero attached hydrogens (tertiary/aromatic N) is 3. The second kappa shape index (κ2) is 6.85. The first-order chi connectivity index (χ1) is 10.8. The summed E-state index contributed by atoms with van der Waals surface area (Å²) in [6.07, 6.45) is 3.36. The second-order valence-electron chi connectivity index (χ2n) is 5.51. The lowest BCUT2D eigenvalue weighted by Crippen LogP contribution is -2.32. The van der Waals surface area contributed by atoms with Crippen molar-refractivity contribution in [1.29, 1.82) is 0 Å². The molecule has 5 nitrogen and oxygen atoms in total. The number of methoxy groups -OCH3 is 1. The number of hydrogen-bond donors (Lipinski definition) is 0. The highest BCUT2D eigenvalue weighted by Crippen LogP contribution is 2.27. The van der Waals surface area contributed by atoms with Gasteiger partial charge in [-0.15, -0.1) is 0 Å². The molecule has 5 heteroatoms. The molecule has 116 valence electrons. The van der Waals surface area contributed by atoms with E-state index in [0.717, 1.165) is 19.5 Å². The molecule has 0 N–H and O–H groups in total. The molecule has 1 aliphatic rings. The van der Waals surface area contributed by atoms with Gasteiger partial charge in [-0.2, -0.15) is 4.98 Å². The Balaban J connectivity index is 1.71. The average Bonchev–Trinajstić information content (AvgIpc) is 3.04. The maximum Gasteiger partial charge on any atom is 0.243 e. The maximum atomic E-state index is 5.37. The molecule has 1 atom stereocenters. The van der Waals surface area contributed by atoms with Crippen LogP contribution in [0.1, 0.15) is 36.7 Å². The lowest BCUT2D eigenvalue weighted by atomic mass is 10.0. The Morgan fingerprint density at radius 3 is 2.91 bits per heavy atom. The van der Waals surface area contributed by atoms with E-state index < -0.39 is 0 Å². The first-order valence-corrected chi connectivity index (χ1v) is 7.58. The van der Waals surface area contributed by atoms with Crippen LogP contribution in [-0.2, 0) is 11.3 Å². The fourth-order valence-electron chi connectivity index (χ4n) is 2.74. The summed E-state index contributed by atoms with van der Waals surface area (Å²) in [6.45, 7) is 4.39. The van der Waals surface area contributed by atoms with Crippen molar-refractivity contribution in [3.8, 4) is 0 Å². The van der Waals surface area contributed by atoms with Gasteiger partial charge in [0.2, 0.25) is 5.89 Å². The molecule has 0 saturated heterocycles. The number of ether oxygens (including phenoxy) is 1. The van der Waals surface area contributed by atoms with Gasteiger partial charge in [0.05, 0.1) is 6.04 Å². The van der Waals surface area contributed by atoms with E-state index in [-0.39, 0.29) is 6.04 Å². The van der Waals surface area contributed by atoms with Gasteiger partial charge in [0.15, 0.2) is 5.82 Å². The maximum absolute atomic E-state index is 5.37. The van der Waals surface area contributed by atoms with Gasteiger partial charge in [-0.1, -0.05) is 41.6 Å². The Morgan fingerprint density at radius 1 is 1.32 bits per heavy atom. The SMILES string of the molecule is COCc1noc([C@H](C)N2CCC=C(c3ccccc3)C2)n1. The van der Waals surface area contributed by atoms with E-state index in [1.165, 1.54) is 11.1 Å². The minimum Gasteiger partial charge on any atom is -0.377 e. The molecule has 0 bridgehead atoms. The van der Waals surface area contributed by atoms with Crippen molar-refractivity contribution in [3.63, 3.8) is 0 Å². The third-order valence-corrected chi connectivity index (χ3v) is 3.99. The zero-order chi connectivity index (χ0) is 15.4. The minimum atomic E-state index is 0.102. The van der Waals surface area contributed by atoms with Crippen molar-refractivity contribution >= 4 is 5.57 Å². The van der Waals surface area contributed by atoms with E-state index in [2.05, 4.69) is 52.3 Å². The molecule has 1 aromatic carbocycles. The highest BCUT2D eigenvalue weighted by molar-refractivity contribution is 5.67. The highest BCUT2D eigenvalue weighted by Gasteiger charge is 2.24. The average molecular weight is 299 g/mol. The predicted molar refractivity (Wildman–Crippen MR) is 84.0 cm³/mol. The van der Waals surface area contributed by atoms with Gasteiger partial charge < -0.3 is 9.26 Å². The van der Waals surface area contributed by atoms with Crippen LogP contribution in [0.3, 0.4) is 0 Å². The van der Waals surface area contributed by atoms with Gasteiger partial charge in [-0.3, -0.25) is 4.90 Å². The Kier molecular flexibility index (Phi) is 4.65. The molecule has 3 rings (SSSR count). The Morgan fingerprint density at radius 2 is 2.14 bits per heavy atom. The smallest absolute Gasteiger partial charge is 0.243 e. The second-order valence-corrected chi connectivity index (χ2v) is 5.51. The molecule has 0 unspecified atom stereocenters. The van der Waals surface area contributed by atoms with E-state index in [1.54, 1.807) is 7.11 Å². The van der Waals surface area contributed by atoms with E-state index >= 15 is 0 Å². The van der Waals surface area contributed by atoms with Crippen molar-refractivity contribution in [2.24, 2.45) is 0 Å². The third kappa shape index (κ3) is 3.26. The van der Waals surface area contributed by atoms with Crippen molar-refractivity contribution in [2.75, 3.05) is 20.2 Å². The first-order valence-electron chi connectivity index (χ1n) is 7.58. The molecule has 0 amide bonds. The van der Waals surface area contributed by atoms with Crippen LogP contribution in [0.25, 0.3) is 5.57 Å². The van der Waals surface area contributed by atoms with Crippen LogP contribution in [0, 0.1) is 0 Å². The normalized spacial score (nSPS) is 17.3. The molecule has 0 saturated carbocycles. The summed E-state index contributed by atoms with van der Waals surface area (Å²) in [5, 5.41) is 3.95. The molecule has 0 fully saturated rings. The van der Waals surface area contributed by atoms with Crippen molar-refractivity contribution in [3.05, 3.63) is 53.7 Å². The van der Waals surface area contributed by atoms with E-state index in [4.69, 9.17) is 9.26 Å². The summed E-state index contributed by atoms with van der Waals surface area (Å²) in [7, 11) is 1.63. The third-order valence-electron chi connectivity index (χ3n) is 3.99. The van der Waals surface area contributed by atoms with Crippen LogP contribution in [0.2, 0.25) is 0 Å². The zero-order valence-corrected chi connectivity index (χ0v) is 13.0. The number of rotatable bonds is 5. The molecule has 1 aromatic heterocycles. The molecular formula is C17H21N3O2. The summed E-state index contributed by atoms with van der Waals surface area (Å²) in [6, 6.07) is 10.6. The molecular weight excluding hydrogens is 278 g/mol. The zero-order valence-electron chi connectivity index (χ0n) is 13.0. The topological polar surface area (TPSA) is 51.4 Å². The van der Waals surface area contributed by atoms with Crippen molar-refractivity contribution in [2.45, 2.75) is 26.0 Å². The van der Waals surface area contributed by atoms with Crippen LogP contribution in [0.4, 0.5) is 0 Å². The van der Waals surface area contributed by atoms with Gasteiger partial charge in [0, 0.05) is 20.2 Å². The van der Waals surface area contributed by atoms with Crippen LogP contribution in [0.5, 0.6) is 0 Å².